The molecule has 0 aliphatic heterocycles. The minimum atomic E-state index is -0.114. The van der Waals surface area contributed by atoms with Gasteiger partial charge < -0.3 is 23.3 Å². The molecule has 6 heteroatoms. The number of aryl methyl sites for hydroxylation is 1. The van der Waals surface area contributed by atoms with Crippen LogP contribution in [0.1, 0.15) is 62.8 Å². The molecule has 33 heavy (non-hydrogen) atoms. The van der Waals surface area contributed by atoms with Crippen molar-refractivity contribution in [3.8, 4) is 17.2 Å². The highest BCUT2D eigenvalue weighted by Crippen LogP contribution is 2.37. The van der Waals surface area contributed by atoms with Crippen LogP contribution < -0.4 is 14.2 Å². The van der Waals surface area contributed by atoms with Crippen molar-refractivity contribution < 1.29 is 23.7 Å². The number of pyridine rings is 1. The third kappa shape index (κ3) is 5.27. The number of rotatable bonds is 10. The van der Waals surface area contributed by atoms with E-state index in [1.807, 2.05) is 45.0 Å². The average Bonchev–Trinajstić information content (AvgIpc) is 3.18. The largest absolute Gasteiger partial charge is 0.490 e. The normalized spacial score (nSPS) is 15.2. The van der Waals surface area contributed by atoms with Gasteiger partial charge in [0.15, 0.2) is 11.5 Å². The quantitative estimate of drug-likeness (QED) is 0.371. The number of carbonyl (C=O) groups excluding carboxylic acids is 1. The Kier molecular flexibility index (Phi) is 7.43. The lowest BCUT2D eigenvalue weighted by molar-refractivity contribution is -0.143. The fourth-order valence-corrected chi connectivity index (χ4v) is 4.60. The van der Waals surface area contributed by atoms with Gasteiger partial charge in [0.25, 0.3) is 0 Å². The molecule has 176 valence electrons. The summed E-state index contributed by atoms with van der Waals surface area (Å²) in [7, 11) is 0. The Labute approximate surface area is 195 Å². The van der Waals surface area contributed by atoms with Crippen LogP contribution in [0.5, 0.6) is 17.2 Å². The van der Waals surface area contributed by atoms with Crippen molar-refractivity contribution >= 4 is 11.5 Å². The molecule has 3 aromatic rings. The predicted octanol–water partition coefficient (Wildman–Crippen LogP) is 5.69. The van der Waals surface area contributed by atoms with Crippen molar-refractivity contribution in [2.24, 2.45) is 0 Å². The Bertz CT molecular complexity index is 1100. The zero-order chi connectivity index (χ0) is 23.2. The van der Waals surface area contributed by atoms with Crippen LogP contribution in [-0.2, 0) is 22.6 Å². The summed E-state index contributed by atoms with van der Waals surface area (Å²) >= 11 is 0. The number of carbonyl (C=O) groups is 1. The molecule has 2 heterocycles. The van der Waals surface area contributed by atoms with E-state index >= 15 is 0 Å². The van der Waals surface area contributed by atoms with E-state index in [0.717, 1.165) is 47.6 Å². The molecule has 0 spiro atoms. The Hall–Kier alpha value is -3.15. The van der Waals surface area contributed by atoms with Crippen LogP contribution in [0.2, 0.25) is 0 Å². The van der Waals surface area contributed by atoms with Crippen LogP contribution in [-0.4, -0.2) is 30.2 Å². The Balaban J connectivity index is 1.50. The summed E-state index contributed by atoms with van der Waals surface area (Å²) in [4.78, 5) is 12.1. The van der Waals surface area contributed by atoms with Gasteiger partial charge in [-0.2, -0.15) is 0 Å². The third-order valence-corrected chi connectivity index (χ3v) is 6.02. The molecule has 0 bridgehead atoms. The Morgan fingerprint density at radius 2 is 1.79 bits per heavy atom. The van der Waals surface area contributed by atoms with Gasteiger partial charge in [-0.15, -0.1) is 0 Å². The van der Waals surface area contributed by atoms with Gasteiger partial charge in [0.1, 0.15) is 12.4 Å². The lowest BCUT2D eigenvalue weighted by Crippen LogP contribution is -2.15. The van der Waals surface area contributed by atoms with Gasteiger partial charge in [0.2, 0.25) is 0 Å². The first-order valence-corrected chi connectivity index (χ1v) is 11.9. The van der Waals surface area contributed by atoms with Gasteiger partial charge in [0.05, 0.1) is 26.2 Å². The topological polar surface area (TPSA) is 58.4 Å². The minimum Gasteiger partial charge on any atom is -0.490 e. The second-order valence-electron chi connectivity index (χ2n) is 8.24. The first-order valence-electron chi connectivity index (χ1n) is 11.9. The summed E-state index contributed by atoms with van der Waals surface area (Å²) in [5, 5.41) is 0. The summed E-state index contributed by atoms with van der Waals surface area (Å²) in [6.07, 6.45) is 5.64. The molecule has 2 aromatic heterocycles. The van der Waals surface area contributed by atoms with Crippen LogP contribution in [0.15, 0.2) is 42.6 Å². The summed E-state index contributed by atoms with van der Waals surface area (Å²) in [5.74, 6) is 2.41. The molecule has 0 fully saturated rings. The smallest absolute Gasteiger partial charge is 0.306 e. The van der Waals surface area contributed by atoms with Crippen LogP contribution in [0.25, 0.3) is 5.52 Å². The van der Waals surface area contributed by atoms with Gasteiger partial charge in [-0.05, 0) is 81.3 Å². The van der Waals surface area contributed by atoms with Gasteiger partial charge >= 0.3 is 5.97 Å². The highest BCUT2D eigenvalue weighted by Gasteiger charge is 2.26. The van der Waals surface area contributed by atoms with E-state index in [0.29, 0.717) is 32.8 Å². The van der Waals surface area contributed by atoms with Crippen molar-refractivity contribution in [1.82, 2.24) is 4.40 Å². The summed E-state index contributed by atoms with van der Waals surface area (Å²) in [5.41, 5.74) is 4.67. The monoisotopic (exact) mass is 451 g/mol. The predicted molar refractivity (Wildman–Crippen MR) is 127 cm³/mol. The first-order chi connectivity index (χ1) is 16.1. The number of ether oxygens (including phenoxy) is 4. The maximum absolute atomic E-state index is 12.1. The molecule has 1 aromatic carbocycles. The lowest BCUT2D eigenvalue weighted by atomic mass is 9.85. The van der Waals surface area contributed by atoms with Crippen LogP contribution in [0, 0.1) is 0 Å². The molecule has 0 amide bonds. The van der Waals surface area contributed by atoms with E-state index in [1.165, 1.54) is 11.3 Å². The SMILES string of the molecule is CCOC(=O)CC1CCCc2c1cc1cc(OCc3ccc(OCC)c(OCC)c3)ccn21. The second-order valence-corrected chi connectivity index (χ2v) is 8.24. The minimum absolute atomic E-state index is 0.114. The van der Waals surface area contributed by atoms with Gasteiger partial charge in [-0.1, -0.05) is 6.07 Å². The molecule has 1 aliphatic carbocycles. The molecule has 0 saturated heterocycles. The van der Waals surface area contributed by atoms with Crippen molar-refractivity contribution in [2.45, 2.75) is 59.0 Å². The molecular formula is C27H33NO5. The third-order valence-electron chi connectivity index (χ3n) is 6.02. The number of aromatic nitrogens is 1. The van der Waals surface area contributed by atoms with Crippen molar-refractivity contribution in [3.63, 3.8) is 0 Å². The number of benzene rings is 1. The highest BCUT2D eigenvalue weighted by molar-refractivity contribution is 5.71. The maximum atomic E-state index is 12.1. The van der Waals surface area contributed by atoms with E-state index in [4.69, 9.17) is 18.9 Å². The number of nitrogens with zero attached hydrogens (tertiary/aromatic N) is 1. The van der Waals surface area contributed by atoms with E-state index in [2.05, 4.69) is 22.7 Å². The molecule has 6 nitrogen and oxygen atoms in total. The summed E-state index contributed by atoms with van der Waals surface area (Å²) in [6.45, 7) is 7.81. The van der Waals surface area contributed by atoms with Crippen LogP contribution in [0.3, 0.4) is 0 Å². The van der Waals surface area contributed by atoms with E-state index in [1.54, 1.807) is 0 Å². The second kappa shape index (κ2) is 10.6. The van der Waals surface area contributed by atoms with Gasteiger partial charge in [0, 0.05) is 23.5 Å². The summed E-state index contributed by atoms with van der Waals surface area (Å²) in [6, 6.07) is 12.2. The zero-order valence-electron chi connectivity index (χ0n) is 19.8. The lowest BCUT2D eigenvalue weighted by Gasteiger charge is -2.22. The fraction of sp³-hybridized carbons (Fsp3) is 0.444. The van der Waals surface area contributed by atoms with Crippen molar-refractivity contribution in [1.29, 1.82) is 0 Å². The molecule has 0 N–H and O–H groups in total. The van der Waals surface area contributed by atoms with E-state index < -0.39 is 0 Å². The van der Waals surface area contributed by atoms with E-state index in [-0.39, 0.29) is 11.9 Å². The maximum Gasteiger partial charge on any atom is 0.306 e. The van der Waals surface area contributed by atoms with Gasteiger partial charge in [-0.25, -0.2) is 0 Å². The Morgan fingerprint density at radius 3 is 2.58 bits per heavy atom. The number of esters is 1. The average molecular weight is 452 g/mol. The molecule has 0 radical (unpaired) electrons. The number of hydrogen-bond acceptors (Lipinski definition) is 5. The fourth-order valence-electron chi connectivity index (χ4n) is 4.60. The highest BCUT2D eigenvalue weighted by atomic mass is 16.5. The molecule has 1 unspecified atom stereocenters. The summed E-state index contributed by atoms with van der Waals surface area (Å²) < 4.78 is 24.9. The number of hydrogen-bond donors (Lipinski definition) is 0. The Morgan fingerprint density at radius 1 is 0.970 bits per heavy atom. The zero-order valence-corrected chi connectivity index (χ0v) is 19.8. The number of fused-ring (bicyclic) bond motifs is 3. The molecule has 0 saturated carbocycles. The first kappa shape index (κ1) is 23.0. The van der Waals surface area contributed by atoms with Gasteiger partial charge in [-0.3, -0.25) is 4.79 Å². The van der Waals surface area contributed by atoms with Crippen LogP contribution in [0.4, 0.5) is 0 Å². The standard InChI is InChI=1S/C27H33NO5/c1-4-30-25-11-10-19(14-26(25)31-5-2)18-33-22-12-13-28-21(16-22)17-23-20(8-7-9-24(23)28)15-27(29)32-6-3/h10-14,16-17,20H,4-9,15,18H2,1-3H3. The van der Waals surface area contributed by atoms with E-state index in [9.17, 15) is 4.79 Å². The molecule has 4 rings (SSSR count). The van der Waals surface area contributed by atoms with Crippen LogP contribution >= 0.6 is 0 Å². The molecule has 1 aliphatic rings. The van der Waals surface area contributed by atoms with Crippen molar-refractivity contribution in [2.75, 3.05) is 19.8 Å². The molecule has 1 atom stereocenters. The molecular weight excluding hydrogens is 418 g/mol. The van der Waals surface area contributed by atoms with Crippen molar-refractivity contribution in [3.05, 3.63) is 59.4 Å².